The molecular formula is C10H14N2S. The molecule has 0 aromatic rings. The Hall–Kier alpha value is -0.540. The largest absolute Gasteiger partial charge is 0.311 e. The molecule has 1 unspecified atom stereocenters. The normalized spacial score (nSPS) is 33.1. The zero-order valence-corrected chi connectivity index (χ0v) is 8.64. The van der Waals surface area contributed by atoms with Gasteiger partial charge in [0.05, 0.1) is 5.71 Å². The van der Waals surface area contributed by atoms with E-state index in [2.05, 4.69) is 35.9 Å². The first-order chi connectivity index (χ1) is 6.17. The molecule has 2 nitrogen and oxygen atoms in total. The summed E-state index contributed by atoms with van der Waals surface area (Å²) in [4.78, 5) is 4.40. The summed E-state index contributed by atoms with van der Waals surface area (Å²) in [6, 6.07) is 0. The van der Waals surface area contributed by atoms with Gasteiger partial charge in [0, 0.05) is 17.5 Å². The summed E-state index contributed by atoms with van der Waals surface area (Å²) >= 11 is 4.55. The van der Waals surface area contributed by atoms with Crippen molar-refractivity contribution in [3.8, 4) is 0 Å². The zero-order valence-electron chi connectivity index (χ0n) is 7.75. The predicted molar refractivity (Wildman–Crippen MR) is 59.5 cm³/mol. The molecule has 0 bridgehead atoms. The molecule has 1 saturated heterocycles. The van der Waals surface area contributed by atoms with Crippen molar-refractivity contribution in [1.82, 2.24) is 5.32 Å². The van der Waals surface area contributed by atoms with Crippen molar-refractivity contribution >= 4 is 18.3 Å². The summed E-state index contributed by atoms with van der Waals surface area (Å²) in [5.41, 5.74) is 2.52. The van der Waals surface area contributed by atoms with Gasteiger partial charge in [-0.25, -0.2) is 0 Å². The van der Waals surface area contributed by atoms with Gasteiger partial charge in [0.2, 0.25) is 0 Å². The average Bonchev–Trinajstić information content (AvgIpc) is 2.21. The molecule has 13 heavy (non-hydrogen) atoms. The van der Waals surface area contributed by atoms with Gasteiger partial charge >= 0.3 is 0 Å². The second-order valence-electron chi connectivity index (χ2n) is 3.71. The fourth-order valence-corrected chi connectivity index (χ4v) is 1.87. The fraction of sp³-hybridized carbons (Fsp3) is 0.500. The Bertz CT molecular complexity index is 300. The monoisotopic (exact) mass is 194 g/mol. The maximum atomic E-state index is 4.55. The number of fused-ring (bicyclic) bond motifs is 1. The number of aliphatic imine (C=N–C) groups is 1. The molecule has 3 heteroatoms. The topological polar surface area (TPSA) is 24.4 Å². The number of hydrogen-bond donors (Lipinski definition) is 2. The number of nitrogens with one attached hydrogen (secondary N) is 1. The highest BCUT2D eigenvalue weighted by Gasteiger charge is 2.20. The van der Waals surface area contributed by atoms with Crippen molar-refractivity contribution in [2.75, 3.05) is 13.1 Å². The van der Waals surface area contributed by atoms with Crippen molar-refractivity contribution in [2.24, 2.45) is 4.99 Å². The van der Waals surface area contributed by atoms with E-state index >= 15 is 0 Å². The predicted octanol–water partition coefficient (Wildman–Crippen LogP) is 1.56. The van der Waals surface area contributed by atoms with Crippen molar-refractivity contribution in [3.05, 3.63) is 23.9 Å². The van der Waals surface area contributed by atoms with Gasteiger partial charge in [0.1, 0.15) is 0 Å². The Kier molecular flexibility index (Phi) is 2.30. The van der Waals surface area contributed by atoms with Crippen LogP contribution in [0.2, 0.25) is 0 Å². The van der Waals surface area contributed by atoms with E-state index in [-0.39, 0.29) is 4.75 Å². The van der Waals surface area contributed by atoms with Crippen LogP contribution in [0.25, 0.3) is 0 Å². The van der Waals surface area contributed by atoms with Crippen LogP contribution in [-0.2, 0) is 0 Å². The minimum absolute atomic E-state index is 0.141. The molecule has 1 N–H and O–H groups in total. The van der Waals surface area contributed by atoms with E-state index in [9.17, 15) is 0 Å². The van der Waals surface area contributed by atoms with Crippen molar-refractivity contribution in [1.29, 1.82) is 0 Å². The molecule has 70 valence electrons. The number of thiol groups is 1. The molecule has 0 saturated carbocycles. The molecule has 0 aromatic heterocycles. The maximum absolute atomic E-state index is 4.55. The summed E-state index contributed by atoms with van der Waals surface area (Å²) in [6.07, 6.45) is 7.16. The second-order valence-corrected chi connectivity index (χ2v) is 4.68. The molecule has 2 aliphatic rings. The lowest BCUT2D eigenvalue weighted by Gasteiger charge is -2.20. The standard InChI is InChI=1S/C10H14N2S/c1-10(13)3-5-12-9-7-11-4-2-8(9)6-10/h3,5-6,11,13H,2,4,7H2,1H3. The Morgan fingerprint density at radius 1 is 1.62 bits per heavy atom. The zero-order chi connectivity index (χ0) is 9.31. The third-order valence-electron chi connectivity index (χ3n) is 2.34. The molecule has 0 spiro atoms. The molecule has 2 heterocycles. The lowest BCUT2D eigenvalue weighted by Crippen LogP contribution is -2.32. The summed E-state index contributed by atoms with van der Waals surface area (Å²) in [7, 11) is 0. The molecule has 2 rings (SSSR count). The van der Waals surface area contributed by atoms with Crippen molar-refractivity contribution < 1.29 is 0 Å². The van der Waals surface area contributed by atoms with E-state index in [0.717, 1.165) is 19.5 Å². The van der Waals surface area contributed by atoms with Crippen molar-refractivity contribution in [2.45, 2.75) is 18.1 Å². The van der Waals surface area contributed by atoms with Crippen LogP contribution in [0.1, 0.15) is 13.3 Å². The lowest BCUT2D eigenvalue weighted by molar-refractivity contribution is 0.729. The molecule has 0 amide bonds. The first kappa shape index (κ1) is 9.03. The van der Waals surface area contributed by atoms with Crippen LogP contribution in [0.5, 0.6) is 0 Å². The SMILES string of the molecule is CC1(S)C=CN=C2CNCCC2=C1. The second kappa shape index (κ2) is 3.31. The Labute approximate surface area is 84.2 Å². The summed E-state index contributed by atoms with van der Waals surface area (Å²) in [6.45, 7) is 4.02. The van der Waals surface area contributed by atoms with Gasteiger partial charge in [-0.3, -0.25) is 4.99 Å². The van der Waals surface area contributed by atoms with Crippen molar-refractivity contribution in [3.63, 3.8) is 0 Å². The van der Waals surface area contributed by atoms with Crippen LogP contribution in [-0.4, -0.2) is 23.5 Å². The highest BCUT2D eigenvalue weighted by Crippen LogP contribution is 2.24. The molecule has 1 fully saturated rings. The van der Waals surface area contributed by atoms with E-state index in [1.54, 1.807) is 0 Å². The van der Waals surface area contributed by atoms with Gasteiger partial charge in [-0.2, -0.15) is 12.6 Å². The van der Waals surface area contributed by atoms with Gasteiger partial charge < -0.3 is 5.32 Å². The minimum atomic E-state index is -0.141. The number of piperidine rings is 1. The molecule has 0 aromatic carbocycles. The maximum Gasteiger partial charge on any atom is 0.0571 e. The van der Waals surface area contributed by atoms with E-state index in [4.69, 9.17) is 0 Å². The molecule has 2 aliphatic heterocycles. The van der Waals surface area contributed by atoms with Crippen LogP contribution in [0.4, 0.5) is 0 Å². The minimum Gasteiger partial charge on any atom is -0.311 e. The summed E-state index contributed by atoms with van der Waals surface area (Å²) < 4.78 is -0.141. The summed E-state index contributed by atoms with van der Waals surface area (Å²) in [5, 5.41) is 3.31. The van der Waals surface area contributed by atoms with E-state index in [1.807, 2.05) is 12.3 Å². The third-order valence-corrected chi connectivity index (χ3v) is 2.62. The van der Waals surface area contributed by atoms with Crippen LogP contribution in [0, 0.1) is 0 Å². The van der Waals surface area contributed by atoms with Gasteiger partial charge in [-0.1, -0.05) is 6.08 Å². The number of rotatable bonds is 0. The Morgan fingerprint density at radius 3 is 3.31 bits per heavy atom. The smallest absolute Gasteiger partial charge is 0.0571 e. The molecular weight excluding hydrogens is 180 g/mol. The molecule has 0 aliphatic carbocycles. The van der Waals surface area contributed by atoms with Crippen LogP contribution >= 0.6 is 12.6 Å². The van der Waals surface area contributed by atoms with Crippen LogP contribution in [0.3, 0.4) is 0 Å². The highest BCUT2D eigenvalue weighted by molar-refractivity contribution is 7.82. The first-order valence-electron chi connectivity index (χ1n) is 4.57. The average molecular weight is 194 g/mol. The fourth-order valence-electron chi connectivity index (χ4n) is 1.65. The summed E-state index contributed by atoms with van der Waals surface area (Å²) in [5.74, 6) is 0. The van der Waals surface area contributed by atoms with E-state index in [0.29, 0.717) is 0 Å². The van der Waals surface area contributed by atoms with Crippen LogP contribution < -0.4 is 5.32 Å². The highest BCUT2D eigenvalue weighted by atomic mass is 32.1. The van der Waals surface area contributed by atoms with Gasteiger partial charge in [-0.15, -0.1) is 0 Å². The van der Waals surface area contributed by atoms with E-state index < -0.39 is 0 Å². The lowest BCUT2D eigenvalue weighted by atomic mass is 9.99. The Morgan fingerprint density at radius 2 is 2.46 bits per heavy atom. The van der Waals surface area contributed by atoms with Gasteiger partial charge in [-0.05, 0) is 31.5 Å². The first-order valence-corrected chi connectivity index (χ1v) is 5.02. The third kappa shape index (κ3) is 2.03. The van der Waals surface area contributed by atoms with Gasteiger partial charge in [0.15, 0.2) is 0 Å². The van der Waals surface area contributed by atoms with E-state index in [1.165, 1.54) is 11.3 Å². The number of hydrogen-bond acceptors (Lipinski definition) is 3. The Balaban J connectivity index is 2.34. The quantitative estimate of drug-likeness (QED) is 0.562. The molecule has 0 radical (unpaired) electrons. The number of nitrogens with zero attached hydrogens (tertiary/aromatic N) is 1. The van der Waals surface area contributed by atoms with Crippen LogP contribution in [0.15, 0.2) is 28.9 Å². The van der Waals surface area contributed by atoms with Gasteiger partial charge in [0.25, 0.3) is 0 Å². The molecule has 1 atom stereocenters.